The van der Waals surface area contributed by atoms with E-state index in [1.165, 1.54) is 18.2 Å². The van der Waals surface area contributed by atoms with Crippen molar-refractivity contribution in [1.29, 1.82) is 0 Å². The van der Waals surface area contributed by atoms with Crippen molar-refractivity contribution in [3.05, 3.63) is 77.8 Å². The maximum Gasteiger partial charge on any atom is 0.220 e. The Morgan fingerprint density at radius 1 is 1.12 bits per heavy atom. The van der Waals surface area contributed by atoms with Gasteiger partial charge in [-0.05, 0) is 42.3 Å². The van der Waals surface area contributed by atoms with Crippen LogP contribution in [0.2, 0.25) is 0 Å². The van der Waals surface area contributed by atoms with Crippen LogP contribution in [0.1, 0.15) is 17.5 Å². The Morgan fingerprint density at radius 2 is 1.92 bits per heavy atom. The number of aromatic nitrogens is 3. The molecule has 1 amide bonds. The number of amides is 1. The largest absolute Gasteiger partial charge is 0.352 e. The van der Waals surface area contributed by atoms with Gasteiger partial charge < -0.3 is 5.32 Å². The lowest BCUT2D eigenvalue weighted by Gasteiger charge is -2.08. The number of carbonyl (C=O) groups excluding carboxylic acids is 1. The normalized spacial score (nSPS) is 10.6. The summed E-state index contributed by atoms with van der Waals surface area (Å²) in [6.07, 6.45) is 5.08. The molecular formula is C18H16F2N4O. The molecule has 25 heavy (non-hydrogen) atoms. The number of nitrogens with zero attached hydrogens (tertiary/aromatic N) is 3. The third kappa shape index (κ3) is 4.26. The summed E-state index contributed by atoms with van der Waals surface area (Å²) in [5.41, 5.74) is 0.786. The lowest BCUT2D eigenvalue weighted by atomic mass is 10.1. The molecule has 0 aliphatic heterocycles. The Hall–Kier alpha value is -3.09. The van der Waals surface area contributed by atoms with Gasteiger partial charge in [0.2, 0.25) is 5.91 Å². The molecule has 0 fully saturated rings. The number of hydrogen-bond acceptors (Lipinski definition) is 3. The van der Waals surface area contributed by atoms with E-state index in [-0.39, 0.29) is 24.3 Å². The molecule has 0 saturated heterocycles. The van der Waals surface area contributed by atoms with Crippen LogP contribution < -0.4 is 5.32 Å². The molecule has 1 N–H and O–H groups in total. The molecule has 0 radical (unpaired) electrons. The van der Waals surface area contributed by atoms with Gasteiger partial charge in [0, 0.05) is 37.1 Å². The molecule has 0 bridgehead atoms. The van der Waals surface area contributed by atoms with Crippen LogP contribution in [-0.2, 0) is 17.8 Å². The van der Waals surface area contributed by atoms with Crippen molar-refractivity contribution in [2.45, 2.75) is 19.4 Å². The van der Waals surface area contributed by atoms with Crippen molar-refractivity contribution in [2.24, 2.45) is 0 Å². The van der Waals surface area contributed by atoms with Crippen molar-refractivity contribution in [3.8, 4) is 5.82 Å². The maximum absolute atomic E-state index is 13.5. The quantitative estimate of drug-likeness (QED) is 0.749. The number of hydrogen-bond donors (Lipinski definition) is 1. The fraction of sp³-hybridized carbons (Fsp3) is 0.167. The van der Waals surface area contributed by atoms with Gasteiger partial charge in [-0.3, -0.25) is 4.79 Å². The molecule has 3 aromatic rings. The fourth-order valence-corrected chi connectivity index (χ4v) is 2.40. The van der Waals surface area contributed by atoms with E-state index in [1.54, 1.807) is 35.4 Å². The Labute approximate surface area is 143 Å². The van der Waals surface area contributed by atoms with Crippen LogP contribution in [0.15, 0.2) is 55.0 Å². The highest BCUT2D eigenvalue weighted by Gasteiger charge is 2.11. The van der Waals surface area contributed by atoms with Gasteiger partial charge in [-0.25, -0.2) is 18.4 Å². The van der Waals surface area contributed by atoms with E-state index in [9.17, 15) is 13.6 Å². The lowest BCUT2D eigenvalue weighted by Crippen LogP contribution is -2.23. The van der Waals surface area contributed by atoms with E-state index in [2.05, 4.69) is 15.4 Å². The molecule has 128 valence electrons. The molecule has 1 aromatic carbocycles. The molecule has 0 aliphatic carbocycles. The molecule has 5 nitrogen and oxygen atoms in total. The third-order valence-corrected chi connectivity index (χ3v) is 3.70. The molecule has 0 atom stereocenters. The second kappa shape index (κ2) is 7.65. The monoisotopic (exact) mass is 342 g/mol. The summed E-state index contributed by atoms with van der Waals surface area (Å²) in [6, 6.07) is 9.05. The van der Waals surface area contributed by atoms with Crippen LogP contribution in [-0.4, -0.2) is 20.7 Å². The average molecular weight is 342 g/mol. The average Bonchev–Trinajstić information content (AvgIpc) is 3.14. The van der Waals surface area contributed by atoms with Crippen molar-refractivity contribution in [3.63, 3.8) is 0 Å². The van der Waals surface area contributed by atoms with E-state index in [0.717, 1.165) is 5.56 Å². The summed E-state index contributed by atoms with van der Waals surface area (Å²) >= 11 is 0. The number of pyridine rings is 1. The first kappa shape index (κ1) is 16.8. The molecule has 2 heterocycles. The number of nitrogens with one attached hydrogen (secondary N) is 1. The summed E-state index contributed by atoms with van der Waals surface area (Å²) in [5, 5.41) is 6.84. The molecule has 7 heteroatoms. The Kier molecular flexibility index (Phi) is 5.13. The van der Waals surface area contributed by atoms with Gasteiger partial charge in [0.15, 0.2) is 5.82 Å². The Bertz CT molecular complexity index is 845. The lowest BCUT2D eigenvalue weighted by molar-refractivity contribution is -0.121. The van der Waals surface area contributed by atoms with Crippen LogP contribution in [0.4, 0.5) is 8.78 Å². The molecular weight excluding hydrogens is 326 g/mol. The molecule has 2 aromatic heterocycles. The van der Waals surface area contributed by atoms with Crippen molar-refractivity contribution >= 4 is 5.91 Å². The first-order valence-electron chi connectivity index (χ1n) is 7.78. The zero-order valence-electron chi connectivity index (χ0n) is 13.3. The summed E-state index contributed by atoms with van der Waals surface area (Å²) in [4.78, 5) is 16.1. The first-order valence-corrected chi connectivity index (χ1v) is 7.78. The zero-order chi connectivity index (χ0) is 17.6. The smallest absolute Gasteiger partial charge is 0.220 e. The van der Waals surface area contributed by atoms with Crippen LogP contribution in [0.5, 0.6) is 0 Å². The first-order chi connectivity index (χ1) is 12.1. The minimum absolute atomic E-state index is 0.00888. The van der Waals surface area contributed by atoms with E-state index in [4.69, 9.17) is 0 Å². The van der Waals surface area contributed by atoms with E-state index >= 15 is 0 Å². The van der Waals surface area contributed by atoms with Crippen LogP contribution >= 0.6 is 0 Å². The van der Waals surface area contributed by atoms with Crippen LogP contribution in [0.3, 0.4) is 0 Å². The van der Waals surface area contributed by atoms with Gasteiger partial charge in [0.05, 0.1) is 0 Å². The van der Waals surface area contributed by atoms with Gasteiger partial charge in [-0.2, -0.15) is 5.10 Å². The van der Waals surface area contributed by atoms with Gasteiger partial charge >= 0.3 is 0 Å². The highest BCUT2D eigenvalue weighted by atomic mass is 19.1. The van der Waals surface area contributed by atoms with Crippen molar-refractivity contribution in [1.82, 2.24) is 20.1 Å². The van der Waals surface area contributed by atoms with Crippen molar-refractivity contribution < 1.29 is 13.6 Å². The predicted molar refractivity (Wildman–Crippen MR) is 87.9 cm³/mol. The summed E-state index contributed by atoms with van der Waals surface area (Å²) in [6.45, 7) is 0.301. The van der Waals surface area contributed by atoms with Gasteiger partial charge in [-0.15, -0.1) is 0 Å². The molecule has 0 unspecified atom stereocenters. The standard InChI is InChI=1S/C18H16F2N4O/c19-15-3-1-4-16(20)14(15)5-6-18(25)22-12-13-7-9-21-17(11-13)24-10-2-8-23-24/h1-4,7-11H,5-6,12H2,(H,22,25). The Morgan fingerprint density at radius 3 is 2.64 bits per heavy atom. The molecule has 0 saturated carbocycles. The van der Waals surface area contributed by atoms with Gasteiger partial charge in [0.25, 0.3) is 0 Å². The minimum atomic E-state index is -0.634. The van der Waals surface area contributed by atoms with E-state index in [1.807, 2.05) is 6.07 Å². The highest BCUT2D eigenvalue weighted by molar-refractivity contribution is 5.76. The number of carbonyl (C=O) groups is 1. The summed E-state index contributed by atoms with van der Waals surface area (Å²) in [5.74, 6) is -0.901. The predicted octanol–water partition coefficient (Wildman–Crippen LogP) is 2.79. The third-order valence-electron chi connectivity index (χ3n) is 3.70. The number of rotatable bonds is 6. The second-order valence-electron chi connectivity index (χ2n) is 5.45. The molecule has 0 spiro atoms. The minimum Gasteiger partial charge on any atom is -0.352 e. The van der Waals surface area contributed by atoms with E-state index < -0.39 is 11.6 Å². The highest BCUT2D eigenvalue weighted by Crippen LogP contribution is 2.14. The van der Waals surface area contributed by atoms with Crippen LogP contribution in [0.25, 0.3) is 5.82 Å². The summed E-state index contributed by atoms with van der Waals surface area (Å²) in [7, 11) is 0. The van der Waals surface area contributed by atoms with Crippen molar-refractivity contribution in [2.75, 3.05) is 0 Å². The molecule has 0 aliphatic rings. The Balaban J connectivity index is 1.55. The maximum atomic E-state index is 13.5. The number of halogens is 2. The van der Waals surface area contributed by atoms with Gasteiger partial charge in [0.1, 0.15) is 11.6 Å². The fourth-order valence-electron chi connectivity index (χ4n) is 2.40. The molecule has 3 rings (SSSR count). The SMILES string of the molecule is O=C(CCc1c(F)cccc1F)NCc1ccnc(-n2cccn2)c1. The van der Waals surface area contributed by atoms with Crippen LogP contribution in [0, 0.1) is 11.6 Å². The van der Waals surface area contributed by atoms with E-state index in [0.29, 0.717) is 12.4 Å². The second-order valence-corrected chi connectivity index (χ2v) is 5.45. The zero-order valence-corrected chi connectivity index (χ0v) is 13.3. The topological polar surface area (TPSA) is 59.8 Å². The number of benzene rings is 1. The van der Waals surface area contributed by atoms with Gasteiger partial charge in [-0.1, -0.05) is 6.07 Å². The summed E-state index contributed by atoms with van der Waals surface area (Å²) < 4.78 is 28.7.